The summed E-state index contributed by atoms with van der Waals surface area (Å²) >= 11 is 4.99. The van der Waals surface area contributed by atoms with Crippen molar-refractivity contribution in [2.24, 2.45) is 0 Å². The van der Waals surface area contributed by atoms with E-state index in [1.165, 1.54) is 24.6 Å². The highest BCUT2D eigenvalue weighted by molar-refractivity contribution is 9.11. The van der Waals surface area contributed by atoms with Gasteiger partial charge in [-0.1, -0.05) is 0 Å². The fourth-order valence-electron chi connectivity index (χ4n) is 1.37. The van der Waals surface area contributed by atoms with Crippen molar-refractivity contribution in [3.05, 3.63) is 33.2 Å². The van der Waals surface area contributed by atoms with Gasteiger partial charge in [-0.15, -0.1) is 11.3 Å². The van der Waals surface area contributed by atoms with Crippen LogP contribution in [0.4, 0.5) is 0 Å². The Morgan fingerprint density at radius 3 is 2.72 bits per heavy atom. The van der Waals surface area contributed by atoms with Crippen molar-refractivity contribution < 1.29 is 8.42 Å². The van der Waals surface area contributed by atoms with Crippen LogP contribution in [-0.2, 0) is 16.6 Å². The molecule has 0 saturated heterocycles. The molecule has 2 aromatic heterocycles. The Morgan fingerprint density at radius 2 is 2.17 bits per heavy atom. The molecular weight excluding hydrogens is 338 g/mol. The Labute approximate surface area is 118 Å². The number of halogens is 1. The van der Waals surface area contributed by atoms with Gasteiger partial charge in [0.1, 0.15) is 4.90 Å². The third kappa shape index (κ3) is 2.82. The molecule has 0 N–H and O–H groups in total. The van der Waals surface area contributed by atoms with E-state index in [4.69, 9.17) is 0 Å². The minimum absolute atomic E-state index is 0.211. The lowest BCUT2D eigenvalue weighted by atomic mass is 10.5. The fraction of sp³-hybridized carbons (Fsp3) is 0.300. The van der Waals surface area contributed by atoms with Crippen molar-refractivity contribution in [1.29, 1.82) is 0 Å². The summed E-state index contributed by atoms with van der Waals surface area (Å²) in [6.07, 6.45) is 2.92. The molecule has 5 nitrogen and oxygen atoms in total. The predicted molar refractivity (Wildman–Crippen MR) is 74.2 cm³/mol. The minimum atomic E-state index is -3.40. The van der Waals surface area contributed by atoms with Crippen LogP contribution in [0.25, 0.3) is 0 Å². The molecule has 2 rings (SSSR count). The number of rotatable bonds is 4. The third-order valence-electron chi connectivity index (χ3n) is 2.33. The van der Waals surface area contributed by atoms with Crippen LogP contribution in [0.1, 0.15) is 4.88 Å². The standard InChI is InChI=1S/C10H12BrN3O2S2/c1-13(2)18(15,16)9-5-12-14(7-9)6-8-3-4-10(11)17-8/h3-5,7H,6H2,1-2H3. The molecule has 0 fully saturated rings. The van der Waals surface area contributed by atoms with Crippen LogP contribution in [0, 0.1) is 0 Å². The SMILES string of the molecule is CN(C)S(=O)(=O)c1cnn(Cc2ccc(Br)s2)c1. The van der Waals surface area contributed by atoms with Crippen molar-refractivity contribution in [2.75, 3.05) is 14.1 Å². The monoisotopic (exact) mass is 349 g/mol. The molecule has 0 saturated carbocycles. The number of aromatic nitrogens is 2. The van der Waals surface area contributed by atoms with E-state index in [2.05, 4.69) is 21.0 Å². The maximum Gasteiger partial charge on any atom is 0.245 e. The largest absolute Gasteiger partial charge is 0.266 e. The number of sulfonamides is 1. The second kappa shape index (κ2) is 5.12. The normalized spacial score (nSPS) is 12.2. The lowest BCUT2D eigenvalue weighted by molar-refractivity contribution is 0.520. The van der Waals surface area contributed by atoms with Gasteiger partial charge in [0.15, 0.2) is 0 Å². The average molecular weight is 350 g/mol. The molecule has 0 aliphatic heterocycles. The highest BCUT2D eigenvalue weighted by Gasteiger charge is 2.19. The Morgan fingerprint density at radius 1 is 1.44 bits per heavy atom. The van der Waals surface area contributed by atoms with Gasteiger partial charge in [0, 0.05) is 25.2 Å². The topological polar surface area (TPSA) is 55.2 Å². The number of nitrogens with zero attached hydrogens (tertiary/aromatic N) is 3. The van der Waals surface area contributed by atoms with Crippen LogP contribution >= 0.6 is 27.3 Å². The first-order chi connectivity index (χ1) is 8.39. The van der Waals surface area contributed by atoms with Crippen LogP contribution in [-0.4, -0.2) is 36.6 Å². The van der Waals surface area contributed by atoms with Crippen LogP contribution in [0.3, 0.4) is 0 Å². The quantitative estimate of drug-likeness (QED) is 0.848. The zero-order valence-corrected chi connectivity index (χ0v) is 13.1. The van der Waals surface area contributed by atoms with Crippen LogP contribution in [0.5, 0.6) is 0 Å². The molecular formula is C10H12BrN3O2S2. The molecule has 0 radical (unpaired) electrons. The molecule has 18 heavy (non-hydrogen) atoms. The molecule has 0 aliphatic rings. The molecule has 0 spiro atoms. The number of thiophene rings is 1. The highest BCUT2D eigenvalue weighted by atomic mass is 79.9. The van der Waals surface area contributed by atoms with Crippen molar-refractivity contribution in [2.45, 2.75) is 11.4 Å². The lowest BCUT2D eigenvalue weighted by Gasteiger charge is -2.08. The van der Waals surface area contributed by atoms with E-state index in [1.54, 1.807) is 22.2 Å². The number of hydrogen-bond donors (Lipinski definition) is 0. The van der Waals surface area contributed by atoms with Gasteiger partial charge in [0.05, 0.1) is 16.5 Å². The summed E-state index contributed by atoms with van der Waals surface area (Å²) in [6, 6.07) is 3.94. The van der Waals surface area contributed by atoms with Gasteiger partial charge >= 0.3 is 0 Å². The zero-order chi connectivity index (χ0) is 13.3. The van der Waals surface area contributed by atoms with Crippen molar-refractivity contribution in [1.82, 2.24) is 14.1 Å². The van der Waals surface area contributed by atoms with Gasteiger partial charge in [0.25, 0.3) is 0 Å². The van der Waals surface area contributed by atoms with Gasteiger partial charge in [-0.25, -0.2) is 12.7 Å². The molecule has 0 aromatic carbocycles. The van der Waals surface area contributed by atoms with Crippen molar-refractivity contribution >= 4 is 37.3 Å². The van der Waals surface area contributed by atoms with Gasteiger partial charge in [-0.2, -0.15) is 5.10 Å². The van der Waals surface area contributed by atoms with Crippen molar-refractivity contribution in [3.8, 4) is 0 Å². The zero-order valence-electron chi connectivity index (χ0n) is 9.87. The van der Waals surface area contributed by atoms with Gasteiger partial charge in [0.2, 0.25) is 10.0 Å². The van der Waals surface area contributed by atoms with Gasteiger partial charge in [-0.3, -0.25) is 4.68 Å². The molecule has 0 aliphatic carbocycles. The Bertz CT molecular complexity index is 646. The Kier molecular flexibility index (Phi) is 3.90. The maximum atomic E-state index is 11.9. The average Bonchev–Trinajstić information content (AvgIpc) is 2.88. The van der Waals surface area contributed by atoms with Crippen LogP contribution in [0.15, 0.2) is 33.2 Å². The molecule has 2 heterocycles. The summed E-state index contributed by atoms with van der Waals surface area (Å²) in [5.41, 5.74) is 0. The smallest absolute Gasteiger partial charge is 0.245 e. The highest BCUT2D eigenvalue weighted by Crippen LogP contribution is 2.23. The molecule has 8 heteroatoms. The molecule has 0 amide bonds. The first-order valence-corrected chi connectivity index (χ1v) is 8.14. The first kappa shape index (κ1) is 13.7. The minimum Gasteiger partial charge on any atom is -0.266 e. The lowest BCUT2D eigenvalue weighted by Crippen LogP contribution is -2.21. The molecule has 2 aromatic rings. The summed E-state index contributed by atoms with van der Waals surface area (Å²) in [4.78, 5) is 1.32. The van der Waals surface area contributed by atoms with Crippen LogP contribution in [0.2, 0.25) is 0 Å². The maximum absolute atomic E-state index is 11.9. The summed E-state index contributed by atoms with van der Waals surface area (Å²) < 4.78 is 27.6. The van der Waals surface area contributed by atoms with E-state index in [1.807, 2.05) is 12.1 Å². The van der Waals surface area contributed by atoms with E-state index < -0.39 is 10.0 Å². The van der Waals surface area contributed by atoms with E-state index in [0.29, 0.717) is 6.54 Å². The fourth-order valence-corrected chi connectivity index (χ4v) is 3.70. The molecule has 0 unspecified atom stereocenters. The Balaban J connectivity index is 2.21. The van der Waals surface area contributed by atoms with E-state index in [0.717, 1.165) is 8.66 Å². The Hall–Kier alpha value is -0.700. The summed E-state index contributed by atoms with van der Waals surface area (Å²) in [6.45, 7) is 0.569. The van der Waals surface area contributed by atoms with E-state index in [9.17, 15) is 8.42 Å². The molecule has 0 bridgehead atoms. The first-order valence-electron chi connectivity index (χ1n) is 5.09. The third-order valence-corrected chi connectivity index (χ3v) is 5.71. The van der Waals surface area contributed by atoms with Gasteiger partial charge in [-0.05, 0) is 28.1 Å². The molecule has 98 valence electrons. The second-order valence-electron chi connectivity index (χ2n) is 3.87. The van der Waals surface area contributed by atoms with Crippen LogP contribution < -0.4 is 0 Å². The summed E-state index contributed by atoms with van der Waals surface area (Å²) in [7, 11) is -0.393. The summed E-state index contributed by atoms with van der Waals surface area (Å²) in [5, 5.41) is 4.07. The second-order valence-corrected chi connectivity index (χ2v) is 8.57. The number of hydrogen-bond acceptors (Lipinski definition) is 4. The van der Waals surface area contributed by atoms with Gasteiger partial charge < -0.3 is 0 Å². The summed E-state index contributed by atoms with van der Waals surface area (Å²) in [5.74, 6) is 0. The van der Waals surface area contributed by atoms with E-state index >= 15 is 0 Å². The predicted octanol–water partition coefficient (Wildman–Crippen LogP) is 2.01. The van der Waals surface area contributed by atoms with E-state index in [-0.39, 0.29) is 4.90 Å². The van der Waals surface area contributed by atoms with Crippen molar-refractivity contribution in [3.63, 3.8) is 0 Å². The molecule has 0 atom stereocenters.